The summed E-state index contributed by atoms with van der Waals surface area (Å²) in [7, 11) is -0.764. The minimum atomic E-state index is -3.33. The number of alkyl carbamates (subject to hydrolysis) is 1. The van der Waals surface area contributed by atoms with E-state index in [0.717, 1.165) is 16.7 Å². The van der Waals surface area contributed by atoms with E-state index in [1.807, 2.05) is 36.4 Å². The highest BCUT2D eigenvalue weighted by Gasteiger charge is 2.18. The first-order chi connectivity index (χ1) is 17.0. The van der Waals surface area contributed by atoms with E-state index in [0.29, 0.717) is 32.9 Å². The van der Waals surface area contributed by atoms with Crippen LogP contribution in [0.15, 0.2) is 83.4 Å². The standard InChI is InChI=1S/C27H28ClN2O4PS/c1-17(29)25(30-27(31)34-18(2)22-9-5-6-10-23(22)28)26(35)20-14-12-19(13-15-20)16-21-8-4-7-11-24(21)36(3,32)33/h4-15,18,29H,16,35H2,1-3H3,(H,30,31)/b26-25+,29-17?. The van der Waals surface area contributed by atoms with Crippen molar-refractivity contribution in [1.29, 1.82) is 5.41 Å². The van der Waals surface area contributed by atoms with Gasteiger partial charge in [-0.2, -0.15) is 0 Å². The van der Waals surface area contributed by atoms with Gasteiger partial charge in [-0.15, -0.1) is 9.24 Å². The number of amides is 1. The summed E-state index contributed by atoms with van der Waals surface area (Å²) in [4.78, 5) is 12.9. The highest BCUT2D eigenvalue weighted by atomic mass is 35.5. The van der Waals surface area contributed by atoms with Gasteiger partial charge >= 0.3 is 6.09 Å². The maximum absolute atomic E-state index is 12.6. The molecule has 0 aliphatic carbocycles. The van der Waals surface area contributed by atoms with Crippen molar-refractivity contribution < 1.29 is 17.9 Å². The number of carbonyl (C=O) groups is 1. The van der Waals surface area contributed by atoms with Gasteiger partial charge in [0.2, 0.25) is 0 Å². The molecular formula is C27H28ClN2O4PS. The smallest absolute Gasteiger partial charge is 0.412 e. The molecular weight excluding hydrogens is 515 g/mol. The largest absolute Gasteiger partial charge is 0.441 e. The second-order valence-corrected chi connectivity index (χ2v) is 11.3. The third-order valence-electron chi connectivity index (χ3n) is 5.53. The van der Waals surface area contributed by atoms with E-state index in [9.17, 15) is 13.2 Å². The topological polar surface area (TPSA) is 96.3 Å². The lowest BCUT2D eigenvalue weighted by atomic mass is 10.0. The van der Waals surface area contributed by atoms with Crippen molar-refractivity contribution in [3.63, 3.8) is 0 Å². The van der Waals surface area contributed by atoms with Gasteiger partial charge in [0.1, 0.15) is 6.10 Å². The molecule has 2 unspecified atom stereocenters. The van der Waals surface area contributed by atoms with Crippen LogP contribution in [-0.4, -0.2) is 26.5 Å². The predicted octanol–water partition coefficient (Wildman–Crippen LogP) is 6.41. The lowest BCUT2D eigenvalue weighted by molar-refractivity contribution is 0.110. The quantitative estimate of drug-likeness (QED) is 0.254. The Balaban J connectivity index is 1.78. The summed E-state index contributed by atoms with van der Waals surface area (Å²) >= 11 is 6.20. The minimum absolute atomic E-state index is 0.161. The summed E-state index contributed by atoms with van der Waals surface area (Å²) in [5.74, 6) is 0. The van der Waals surface area contributed by atoms with Crippen molar-refractivity contribution in [2.24, 2.45) is 0 Å². The lowest BCUT2D eigenvalue weighted by Crippen LogP contribution is -2.28. The SMILES string of the molecule is CC(=N)/C(NC(=O)OC(C)c1ccccc1Cl)=C(\P)c1ccc(Cc2ccccc2S(C)(=O)=O)cc1. The second kappa shape index (κ2) is 11.8. The van der Waals surface area contributed by atoms with Crippen LogP contribution >= 0.6 is 20.8 Å². The van der Waals surface area contributed by atoms with Crippen LogP contribution in [0.3, 0.4) is 0 Å². The second-order valence-electron chi connectivity index (χ2n) is 8.36. The van der Waals surface area contributed by atoms with Gasteiger partial charge in [-0.1, -0.05) is 72.3 Å². The van der Waals surface area contributed by atoms with Crippen molar-refractivity contribution in [2.45, 2.75) is 31.3 Å². The Morgan fingerprint density at radius 1 is 1.06 bits per heavy atom. The molecule has 1 amide bonds. The molecule has 0 bridgehead atoms. The lowest BCUT2D eigenvalue weighted by Gasteiger charge is -2.18. The Hall–Kier alpha value is -2.99. The molecule has 0 saturated carbocycles. The number of hydrogen-bond donors (Lipinski definition) is 2. The summed E-state index contributed by atoms with van der Waals surface area (Å²) in [6.07, 6.45) is 0.390. The maximum atomic E-state index is 12.6. The van der Waals surface area contributed by atoms with E-state index in [2.05, 4.69) is 14.6 Å². The highest BCUT2D eigenvalue weighted by Crippen LogP contribution is 2.28. The van der Waals surface area contributed by atoms with Crippen molar-refractivity contribution in [2.75, 3.05) is 6.26 Å². The van der Waals surface area contributed by atoms with Gasteiger partial charge in [0.25, 0.3) is 0 Å². The third kappa shape index (κ3) is 7.03. The number of halogens is 1. The van der Waals surface area contributed by atoms with E-state index in [-0.39, 0.29) is 5.71 Å². The molecule has 0 heterocycles. The Labute approximate surface area is 219 Å². The Kier molecular flexibility index (Phi) is 9.07. The van der Waals surface area contributed by atoms with Crippen LogP contribution in [0.25, 0.3) is 5.31 Å². The molecule has 188 valence electrons. The van der Waals surface area contributed by atoms with Gasteiger partial charge in [0.05, 0.1) is 16.3 Å². The van der Waals surface area contributed by atoms with Crippen LogP contribution in [0.2, 0.25) is 5.02 Å². The Morgan fingerprint density at radius 3 is 2.28 bits per heavy atom. The fourth-order valence-electron chi connectivity index (χ4n) is 3.70. The molecule has 2 N–H and O–H groups in total. The number of carbonyl (C=O) groups excluding carboxylic acids is 1. The highest BCUT2D eigenvalue weighted by molar-refractivity contribution is 7.90. The molecule has 9 heteroatoms. The normalized spacial score (nSPS) is 12.9. The zero-order valence-corrected chi connectivity index (χ0v) is 22.9. The summed E-state index contributed by atoms with van der Waals surface area (Å²) in [5, 5.41) is 12.0. The van der Waals surface area contributed by atoms with Crippen molar-refractivity contribution >= 4 is 47.8 Å². The van der Waals surface area contributed by atoms with E-state index in [4.69, 9.17) is 21.7 Å². The Bertz CT molecular complexity index is 1420. The number of allylic oxidation sites excluding steroid dienone is 1. The van der Waals surface area contributed by atoms with Crippen molar-refractivity contribution in [3.05, 3.63) is 106 Å². The fraction of sp³-hybridized carbons (Fsp3) is 0.185. The summed E-state index contributed by atoms with van der Waals surface area (Å²) in [5.41, 5.74) is 3.59. The first-order valence-corrected chi connectivity index (χ1v) is 14.0. The number of benzene rings is 3. The molecule has 2 atom stereocenters. The summed E-state index contributed by atoms with van der Waals surface area (Å²) in [6.45, 7) is 3.30. The molecule has 0 aliphatic rings. The fourth-order valence-corrected chi connectivity index (χ4v) is 5.41. The third-order valence-corrected chi connectivity index (χ3v) is 7.69. The van der Waals surface area contributed by atoms with Gasteiger partial charge < -0.3 is 10.1 Å². The monoisotopic (exact) mass is 542 g/mol. The molecule has 36 heavy (non-hydrogen) atoms. The molecule has 6 nitrogen and oxygen atoms in total. The number of ether oxygens (including phenoxy) is 1. The minimum Gasteiger partial charge on any atom is -0.441 e. The average Bonchev–Trinajstić information content (AvgIpc) is 2.82. The van der Waals surface area contributed by atoms with E-state index in [1.165, 1.54) is 6.26 Å². The van der Waals surface area contributed by atoms with Gasteiger partial charge in [-0.3, -0.25) is 5.32 Å². The number of hydrogen-bond acceptors (Lipinski definition) is 5. The molecule has 0 saturated heterocycles. The van der Waals surface area contributed by atoms with Gasteiger partial charge in [-0.05, 0) is 49.1 Å². The molecule has 0 aliphatic heterocycles. The summed E-state index contributed by atoms with van der Waals surface area (Å²) in [6, 6.07) is 21.6. The molecule has 3 aromatic rings. The number of nitrogens with one attached hydrogen (secondary N) is 2. The number of rotatable bonds is 8. The van der Waals surface area contributed by atoms with Gasteiger partial charge in [0, 0.05) is 22.2 Å². The molecule has 0 aromatic heterocycles. The van der Waals surface area contributed by atoms with Gasteiger partial charge in [-0.25, -0.2) is 13.2 Å². The average molecular weight is 543 g/mol. The van der Waals surface area contributed by atoms with Crippen LogP contribution in [0, 0.1) is 5.41 Å². The maximum Gasteiger partial charge on any atom is 0.412 e. The van der Waals surface area contributed by atoms with Crippen molar-refractivity contribution in [1.82, 2.24) is 5.32 Å². The van der Waals surface area contributed by atoms with Crippen molar-refractivity contribution in [3.8, 4) is 0 Å². The van der Waals surface area contributed by atoms with Crippen LogP contribution in [0.5, 0.6) is 0 Å². The molecule has 3 rings (SSSR count). The molecule has 0 radical (unpaired) electrons. The Morgan fingerprint density at radius 2 is 1.67 bits per heavy atom. The summed E-state index contributed by atoms with van der Waals surface area (Å²) < 4.78 is 29.7. The van der Waals surface area contributed by atoms with Crippen LogP contribution in [0.1, 0.15) is 42.2 Å². The van der Waals surface area contributed by atoms with Crippen LogP contribution in [-0.2, 0) is 21.0 Å². The van der Waals surface area contributed by atoms with E-state index in [1.54, 1.807) is 50.2 Å². The zero-order valence-electron chi connectivity index (χ0n) is 20.2. The van der Waals surface area contributed by atoms with Crippen LogP contribution in [0.4, 0.5) is 4.79 Å². The van der Waals surface area contributed by atoms with E-state index < -0.39 is 22.0 Å². The van der Waals surface area contributed by atoms with Gasteiger partial charge in [0.15, 0.2) is 9.84 Å². The predicted molar refractivity (Wildman–Crippen MR) is 148 cm³/mol. The molecule has 0 fully saturated rings. The van der Waals surface area contributed by atoms with Crippen LogP contribution < -0.4 is 5.32 Å². The molecule has 3 aromatic carbocycles. The van der Waals surface area contributed by atoms with E-state index >= 15 is 0 Å². The zero-order chi connectivity index (χ0) is 26.5. The number of sulfone groups is 1. The first kappa shape index (κ1) is 27.6. The first-order valence-electron chi connectivity index (χ1n) is 11.1. The molecule has 0 spiro atoms.